The summed E-state index contributed by atoms with van der Waals surface area (Å²) in [7, 11) is 1.38. The number of rotatable bonds is 2. The molecule has 4 nitrogen and oxygen atoms in total. The lowest BCUT2D eigenvalue weighted by atomic mass is 10.0. The molecule has 0 saturated carbocycles. The van der Waals surface area contributed by atoms with Crippen molar-refractivity contribution >= 4 is 5.97 Å². The summed E-state index contributed by atoms with van der Waals surface area (Å²) in [5.41, 5.74) is 0. The van der Waals surface area contributed by atoms with E-state index in [9.17, 15) is 4.79 Å². The fourth-order valence-electron chi connectivity index (χ4n) is 1.00. The molecule has 10 heavy (non-hydrogen) atoms. The van der Waals surface area contributed by atoms with E-state index in [1.807, 2.05) is 0 Å². The zero-order valence-electron chi connectivity index (χ0n) is 5.91. The van der Waals surface area contributed by atoms with Gasteiger partial charge in [0.2, 0.25) is 0 Å². The quantitative estimate of drug-likeness (QED) is 0.508. The third-order valence-electron chi connectivity index (χ3n) is 1.69. The monoisotopic (exact) mass is 145 g/mol. The van der Waals surface area contributed by atoms with Crippen molar-refractivity contribution in [3.8, 4) is 0 Å². The third kappa shape index (κ3) is 1.27. The van der Waals surface area contributed by atoms with Crippen molar-refractivity contribution in [3.63, 3.8) is 0 Å². The van der Waals surface area contributed by atoms with Gasteiger partial charge in [0.15, 0.2) is 0 Å². The fraction of sp³-hybridized carbons (Fsp3) is 0.833. The van der Waals surface area contributed by atoms with Crippen molar-refractivity contribution in [1.29, 1.82) is 0 Å². The zero-order chi connectivity index (χ0) is 7.56. The molecule has 1 rings (SSSR count). The summed E-state index contributed by atoms with van der Waals surface area (Å²) in [5.74, 6) is -0.193. The number of hydrogen-bond acceptors (Lipinski definition) is 4. The van der Waals surface area contributed by atoms with Crippen molar-refractivity contribution in [2.75, 3.05) is 26.9 Å². The standard InChI is InChI=1S/C6H11NO3/c1-10-6(9)5-2-7(3-5)4-8/h5,8H,2-4H2,1H3. The largest absolute Gasteiger partial charge is 0.469 e. The SMILES string of the molecule is COC(=O)C1CN(CO)C1. The maximum atomic E-state index is 10.7. The second-order valence-corrected chi connectivity index (χ2v) is 2.40. The number of likely N-dealkylation sites (tertiary alicyclic amines) is 1. The molecule has 0 unspecified atom stereocenters. The molecule has 0 atom stereocenters. The predicted octanol–water partition coefficient (Wildman–Crippen LogP) is -0.959. The molecule has 1 aliphatic heterocycles. The second kappa shape index (κ2) is 2.98. The van der Waals surface area contributed by atoms with Gasteiger partial charge >= 0.3 is 5.97 Å². The Morgan fingerprint density at radius 3 is 2.80 bits per heavy atom. The first-order valence-electron chi connectivity index (χ1n) is 3.19. The molecule has 1 N–H and O–H groups in total. The van der Waals surface area contributed by atoms with E-state index in [1.54, 1.807) is 4.90 Å². The summed E-state index contributed by atoms with van der Waals surface area (Å²) < 4.78 is 4.50. The minimum Gasteiger partial charge on any atom is -0.469 e. The Morgan fingerprint density at radius 1 is 1.80 bits per heavy atom. The molecule has 1 saturated heterocycles. The Balaban J connectivity index is 2.19. The number of hydrogen-bond donors (Lipinski definition) is 1. The molecule has 1 fully saturated rings. The van der Waals surface area contributed by atoms with Crippen LogP contribution in [0.1, 0.15) is 0 Å². The highest BCUT2D eigenvalue weighted by Gasteiger charge is 2.32. The van der Waals surface area contributed by atoms with Crippen LogP contribution in [0.3, 0.4) is 0 Å². The van der Waals surface area contributed by atoms with Gasteiger partial charge in [-0.3, -0.25) is 9.69 Å². The zero-order valence-corrected chi connectivity index (χ0v) is 5.91. The first kappa shape index (κ1) is 7.50. The first-order chi connectivity index (χ1) is 4.77. The number of nitrogens with zero attached hydrogens (tertiary/aromatic N) is 1. The summed E-state index contributed by atoms with van der Waals surface area (Å²) >= 11 is 0. The van der Waals surface area contributed by atoms with Crippen molar-refractivity contribution in [2.45, 2.75) is 0 Å². The number of esters is 1. The highest BCUT2D eigenvalue weighted by Crippen LogP contribution is 2.14. The summed E-state index contributed by atoms with van der Waals surface area (Å²) in [6, 6.07) is 0. The topological polar surface area (TPSA) is 49.8 Å². The molecule has 0 amide bonds. The van der Waals surface area contributed by atoms with Crippen molar-refractivity contribution in [1.82, 2.24) is 4.90 Å². The van der Waals surface area contributed by atoms with E-state index >= 15 is 0 Å². The molecule has 1 heterocycles. The number of aliphatic hydroxyl groups excluding tert-OH is 1. The van der Waals surface area contributed by atoms with E-state index in [0.29, 0.717) is 13.1 Å². The van der Waals surface area contributed by atoms with Gasteiger partial charge in [0.05, 0.1) is 19.8 Å². The number of ether oxygens (including phenoxy) is 1. The Labute approximate surface area is 59.4 Å². The van der Waals surface area contributed by atoms with Gasteiger partial charge in [-0.1, -0.05) is 0 Å². The maximum Gasteiger partial charge on any atom is 0.311 e. The van der Waals surface area contributed by atoms with Crippen LogP contribution in [0, 0.1) is 5.92 Å². The predicted molar refractivity (Wildman–Crippen MR) is 34.2 cm³/mol. The van der Waals surface area contributed by atoms with Crippen LogP contribution in [0.2, 0.25) is 0 Å². The molecule has 1 aliphatic rings. The molecule has 0 spiro atoms. The van der Waals surface area contributed by atoms with Gasteiger partial charge in [-0.2, -0.15) is 0 Å². The summed E-state index contributed by atoms with van der Waals surface area (Å²) in [6.45, 7) is 1.29. The normalized spacial score (nSPS) is 20.2. The van der Waals surface area contributed by atoms with Crippen molar-refractivity contribution < 1.29 is 14.6 Å². The van der Waals surface area contributed by atoms with Crippen LogP contribution >= 0.6 is 0 Å². The van der Waals surface area contributed by atoms with Crippen molar-refractivity contribution in [3.05, 3.63) is 0 Å². The third-order valence-corrected chi connectivity index (χ3v) is 1.69. The number of carbonyl (C=O) groups excluding carboxylic acids is 1. The van der Waals surface area contributed by atoms with Crippen LogP contribution in [0.25, 0.3) is 0 Å². The number of methoxy groups -OCH3 is 1. The van der Waals surface area contributed by atoms with Crippen LogP contribution in [-0.2, 0) is 9.53 Å². The summed E-state index contributed by atoms with van der Waals surface area (Å²) in [5, 5.41) is 8.53. The average molecular weight is 145 g/mol. The highest BCUT2D eigenvalue weighted by atomic mass is 16.5. The second-order valence-electron chi connectivity index (χ2n) is 2.40. The molecule has 58 valence electrons. The van der Waals surface area contributed by atoms with Gasteiger partial charge in [-0.15, -0.1) is 0 Å². The molecule has 0 radical (unpaired) electrons. The van der Waals surface area contributed by atoms with E-state index in [1.165, 1.54) is 7.11 Å². The Hall–Kier alpha value is -0.610. The molecule has 0 aliphatic carbocycles. The maximum absolute atomic E-state index is 10.7. The Kier molecular flexibility index (Phi) is 2.24. The molecule has 0 bridgehead atoms. The minimum atomic E-state index is -0.176. The van der Waals surface area contributed by atoms with Gasteiger partial charge in [-0.25, -0.2) is 0 Å². The Morgan fingerprint density at radius 2 is 2.40 bits per heavy atom. The molecule has 0 aromatic heterocycles. The van der Waals surface area contributed by atoms with E-state index in [2.05, 4.69) is 4.74 Å². The van der Waals surface area contributed by atoms with E-state index in [4.69, 9.17) is 5.11 Å². The van der Waals surface area contributed by atoms with Gasteiger partial charge in [0.1, 0.15) is 0 Å². The van der Waals surface area contributed by atoms with E-state index in [0.717, 1.165) is 0 Å². The first-order valence-corrected chi connectivity index (χ1v) is 3.19. The van der Waals surface area contributed by atoms with Gasteiger partial charge < -0.3 is 9.84 Å². The lowest BCUT2D eigenvalue weighted by molar-refractivity contribution is -0.153. The molecular formula is C6H11NO3. The minimum absolute atomic E-state index is 0.0165. The van der Waals surface area contributed by atoms with Crippen LogP contribution in [0.4, 0.5) is 0 Å². The fourth-order valence-corrected chi connectivity index (χ4v) is 1.00. The molecular weight excluding hydrogens is 134 g/mol. The number of aliphatic hydroxyl groups is 1. The highest BCUT2D eigenvalue weighted by molar-refractivity contribution is 5.73. The lowest BCUT2D eigenvalue weighted by Crippen LogP contribution is -2.50. The van der Waals surface area contributed by atoms with Crippen LogP contribution < -0.4 is 0 Å². The summed E-state index contributed by atoms with van der Waals surface area (Å²) in [6.07, 6.45) is 0. The van der Waals surface area contributed by atoms with Crippen LogP contribution in [0.5, 0.6) is 0 Å². The lowest BCUT2D eigenvalue weighted by Gasteiger charge is -2.35. The van der Waals surface area contributed by atoms with Gasteiger partial charge in [0.25, 0.3) is 0 Å². The van der Waals surface area contributed by atoms with Gasteiger partial charge in [0, 0.05) is 13.1 Å². The molecule has 0 aromatic rings. The van der Waals surface area contributed by atoms with Crippen LogP contribution in [-0.4, -0.2) is 42.9 Å². The van der Waals surface area contributed by atoms with Crippen LogP contribution in [0.15, 0.2) is 0 Å². The number of carbonyl (C=O) groups is 1. The molecule has 4 heteroatoms. The van der Waals surface area contributed by atoms with Crippen molar-refractivity contribution in [2.24, 2.45) is 5.92 Å². The smallest absolute Gasteiger partial charge is 0.311 e. The Bertz CT molecular complexity index is 131. The molecule has 0 aromatic carbocycles. The average Bonchev–Trinajstić information content (AvgIpc) is 1.85. The van der Waals surface area contributed by atoms with E-state index in [-0.39, 0.29) is 18.6 Å². The van der Waals surface area contributed by atoms with E-state index < -0.39 is 0 Å². The summed E-state index contributed by atoms with van der Waals surface area (Å²) in [4.78, 5) is 12.5. The van der Waals surface area contributed by atoms with Gasteiger partial charge in [-0.05, 0) is 0 Å².